The van der Waals surface area contributed by atoms with Crippen LogP contribution in [0.5, 0.6) is 0 Å². The van der Waals surface area contributed by atoms with Crippen LogP contribution >= 0.6 is 0 Å². The van der Waals surface area contributed by atoms with E-state index in [9.17, 15) is 13.6 Å². The zero-order valence-corrected chi connectivity index (χ0v) is 22.3. The zero-order valence-electron chi connectivity index (χ0n) is 22.3. The average molecular weight is 551 g/mol. The van der Waals surface area contributed by atoms with Crippen molar-refractivity contribution >= 4 is 17.8 Å². The van der Waals surface area contributed by atoms with E-state index in [1.54, 1.807) is 33.2 Å². The number of halogens is 2. The molecule has 0 radical (unpaired) electrons. The normalized spacial score (nSPS) is 15.7. The number of rotatable bonds is 7. The summed E-state index contributed by atoms with van der Waals surface area (Å²) >= 11 is 0. The topological polar surface area (TPSA) is 124 Å². The van der Waals surface area contributed by atoms with Crippen LogP contribution in [0.3, 0.4) is 0 Å². The van der Waals surface area contributed by atoms with Crippen molar-refractivity contribution in [1.82, 2.24) is 30.2 Å². The molecule has 11 nitrogen and oxygen atoms in total. The molecule has 2 aliphatic rings. The van der Waals surface area contributed by atoms with Gasteiger partial charge in [-0.05, 0) is 69.0 Å². The van der Waals surface area contributed by atoms with Gasteiger partial charge in [-0.2, -0.15) is 0 Å². The molecule has 208 valence electrons. The summed E-state index contributed by atoms with van der Waals surface area (Å²) in [7, 11) is 0. The minimum absolute atomic E-state index is 0.00372. The number of benzene rings is 1. The lowest BCUT2D eigenvalue weighted by Gasteiger charge is -2.36. The van der Waals surface area contributed by atoms with E-state index in [0.29, 0.717) is 49.2 Å². The van der Waals surface area contributed by atoms with Crippen molar-refractivity contribution < 1.29 is 22.7 Å². The molecule has 1 N–H and O–H groups in total. The summed E-state index contributed by atoms with van der Waals surface area (Å²) in [4.78, 5) is 18.4. The Hall–Kier alpha value is -4.42. The Morgan fingerprint density at radius 2 is 1.82 bits per heavy atom. The van der Waals surface area contributed by atoms with Crippen LogP contribution < -0.4 is 10.2 Å². The molecular weight excluding hydrogens is 522 g/mol. The van der Waals surface area contributed by atoms with Gasteiger partial charge in [-0.15, -0.1) is 10.2 Å². The first-order chi connectivity index (χ1) is 19.1. The second-order valence-electron chi connectivity index (χ2n) is 11.2. The van der Waals surface area contributed by atoms with Crippen molar-refractivity contribution in [1.29, 1.82) is 0 Å². The van der Waals surface area contributed by atoms with Crippen molar-refractivity contribution in [3.05, 3.63) is 65.1 Å². The first-order valence-corrected chi connectivity index (χ1v) is 13.0. The van der Waals surface area contributed by atoms with Gasteiger partial charge in [0.25, 0.3) is 5.89 Å². The lowest BCUT2D eigenvalue weighted by Crippen LogP contribution is -2.45. The van der Waals surface area contributed by atoms with Crippen LogP contribution in [0.25, 0.3) is 11.5 Å². The van der Waals surface area contributed by atoms with Gasteiger partial charge in [0.15, 0.2) is 18.4 Å². The molecule has 1 saturated heterocycles. The summed E-state index contributed by atoms with van der Waals surface area (Å²) in [5.41, 5.74) is 2.52. The van der Waals surface area contributed by atoms with Crippen molar-refractivity contribution in [2.75, 3.05) is 23.3 Å². The van der Waals surface area contributed by atoms with E-state index in [1.165, 1.54) is 16.8 Å². The standard InChI is InChI=1S/C27H28F2N8O3/c1-27(2,3)25(38)39-14-37-13-22(32-35-37)18-11-36(12-18)26-34-33-24(40-26)15-4-5-23(30-10-15)31-19-6-16-8-20(28)21(29)9-17(16)7-19/h4-5,8-10,13,18-19H,6-7,11-12,14H2,1-3H3,(H,30,31). The minimum atomic E-state index is -0.821. The molecule has 1 fully saturated rings. The van der Waals surface area contributed by atoms with E-state index in [0.717, 1.165) is 16.8 Å². The molecule has 0 unspecified atom stereocenters. The van der Waals surface area contributed by atoms with Crippen LogP contribution in [0.4, 0.5) is 20.6 Å². The third-order valence-corrected chi connectivity index (χ3v) is 7.02. The molecule has 0 atom stereocenters. The molecule has 0 bridgehead atoms. The number of carbonyl (C=O) groups is 1. The number of carbonyl (C=O) groups excluding carboxylic acids is 1. The summed E-state index contributed by atoms with van der Waals surface area (Å²) < 4.78 is 39.7. The predicted octanol–water partition coefficient (Wildman–Crippen LogP) is 3.73. The molecular formula is C27H28F2N8O3. The molecule has 40 heavy (non-hydrogen) atoms. The van der Waals surface area contributed by atoms with Gasteiger partial charge in [0, 0.05) is 31.2 Å². The number of nitrogens with one attached hydrogen (secondary N) is 1. The Labute approximate surface area is 228 Å². The Bertz CT molecular complexity index is 1510. The van der Waals surface area contributed by atoms with Crippen molar-refractivity contribution in [3.63, 3.8) is 0 Å². The zero-order chi connectivity index (χ0) is 28.0. The highest BCUT2D eigenvalue weighted by Crippen LogP contribution is 2.32. The maximum Gasteiger partial charge on any atom is 0.318 e. The number of hydrogen-bond donors (Lipinski definition) is 1. The Morgan fingerprint density at radius 3 is 2.48 bits per heavy atom. The van der Waals surface area contributed by atoms with E-state index in [2.05, 4.69) is 30.8 Å². The largest absolute Gasteiger partial charge is 0.442 e. The fourth-order valence-corrected chi connectivity index (χ4v) is 4.72. The Morgan fingerprint density at radius 1 is 1.10 bits per heavy atom. The molecule has 4 aromatic rings. The predicted molar refractivity (Wildman–Crippen MR) is 139 cm³/mol. The fourth-order valence-electron chi connectivity index (χ4n) is 4.72. The van der Waals surface area contributed by atoms with Crippen molar-refractivity contribution in [2.24, 2.45) is 5.41 Å². The average Bonchev–Trinajstić information content (AvgIpc) is 3.63. The molecule has 6 rings (SSSR count). The number of esters is 1. The molecule has 0 spiro atoms. The smallest absolute Gasteiger partial charge is 0.318 e. The van der Waals surface area contributed by atoms with E-state index in [1.807, 2.05) is 17.0 Å². The molecule has 3 aromatic heterocycles. The van der Waals surface area contributed by atoms with Crippen LogP contribution in [-0.4, -0.2) is 55.3 Å². The lowest BCUT2D eigenvalue weighted by atomic mass is 9.97. The quantitative estimate of drug-likeness (QED) is 0.340. The van der Waals surface area contributed by atoms with E-state index < -0.39 is 17.0 Å². The second-order valence-corrected chi connectivity index (χ2v) is 11.2. The van der Waals surface area contributed by atoms with Gasteiger partial charge >= 0.3 is 12.0 Å². The maximum atomic E-state index is 13.5. The van der Waals surface area contributed by atoms with Crippen LogP contribution in [0.15, 0.2) is 41.1 Å². The molecule has 4 heterocycles. The van der Waals surface area contributed by atoms with Gasteiger partial charge in [0.2, 0.25) is 0 Å². The number of aromatic nitrogens is 6. The third-order valence-electron chi connectivity index (χ3n) is 7.02. The third kappa shape index (κ3) is 5.23. The monoisotopic (exact) mass is 550 g/mol. The lowest BCUT2D eigenvalue weighted by molar-refractivity contribution is -0.157. The fraction of sp³-hybridized carbons (Fsp3) is 0.407. The molecule has 0 amide bonds. The minimum Gasteiger partial charge on any atom is -0.442 e. The number of hydrogen-bond acceptors (Lipinski definition) is 10. The van der Waals surface area contributed by atoms with Gasteiger partial charge in [0.1, 0.15) is 5.82 Å². The molecule has 13 heteroatoms. The van der Waals surface area contributed by atoms with Gasteiger partial charge in [-0.1, -0.05) is 10.3 Å². The Kier molecular flexibility index (Phi) is 6.43. The van der Waals surface area contributed by atoms with E-state index >= 15 is 0 Å². The summed E-state index contributed by atoms with van der Waals surface area (Å²) in [6.07, 6.45) is 4.62. The van der Waals surface area contributed by atoms with Crippen molar-refractivity contribution in [2.45, 2.75) is 52.3 Å². The van der Waals surface area contributed by atoms with E-state index in [-0.39, 0.29) is 24.7 Å². The highest BCUT2D eigenvalue weighted by Gasteiger charge is 2.34. The first-order valence-electron chi connectivity index (χ1n) is 13.0. The maximum absolute atomic E-state index is 13.5. The number of fused-ring (bicyclic) bond motifs is 1. The number of pyridine rings is 1. The van der Waals surface area contributed by atoms with Crippen LogP contribution in [0.2, 0.25) is 0 Å². The summed E-state index contributed by atoms with van der Waals surface area (Å²) in [5.74, 6) is -0.805. The highest BCUT2D eigenvalue weighted by atomic mass is 19.2. The first kappa shape index (κ1) is 25.8. The van der Waals surface area contributed by atoms with Crippen LogP contribution in [0.1, 0.15) is 43.5 Å². The van der Waals surface area contributed by atoms with Gasteiger partial charge < -0.3 is 19.4 Å². The van der Waals surface area contributed by atoms with Crippen LogP contribution in [-0.2, 0) is 29.1 Å². The van der Waals surface area contributed by atoms with Crippen LogP contribution in [0, 0.1) is 17.0 Å². The van der Waals surface area contributed by atoms with Gasteiger partial charge in [-0.25, -0.2) is 18.4 Å². The molecule has 1 aromatic carbocycles. The van der Waals surface area contributed by atoms with Gasteiger partial charge in [-0.3, -0.25) is 4.79 Å². The number of nitrogens with zero attached hydrogens (tertiary/aromatic N) is 7. The summed E-state index contributed by atoms with van der Waals surface area (Å²) in [6, 6.07) is 6.59. The Balaban J connectivity index is 1.01. The summed E-state index contributed by atoms with van der Waals surface area (Å²) in [6.45, 7) is 6.68. The number of anilines is 2. The summed E-state index contributed by atoms with van der Waals surface area (Å²) in [5, 5.41) is 19.9. The second kappa shape index (κ2) is 9.96. The molecule has 0 saturated carbocycles. The SMILES string of the molecule is CC(C)(C)C(=O)OCn1cc(C2CN(c3nnc(-c4ccc(NC5Cc6cc(F)c(F)cc6C5)nc4)o3)C2)nn1. The molecule has 1 aliphatic carbocycles. The highest BCUT2D eigenvalue weighted by molar-refractivity contribution is 5.75. The molecule has 1 aliphatic heterocycles. The van der Waals surface area contributed by atoms with Gasteiger partial charge in [0.05, 0.1) is 22.9 Å². The van der Waals surface area contributed by atoms with E-state index in [4.69, 9.17) is 9.15 Å². The van der Waals surface area contributed by atoms with Crippen molar-refractivity contribution in [3.8, 4) is 11.5 Å². The number of ether oxygens (including phenoxy) is 1.